The topological polar surface area (TPSA) is 50.8 Å². The molecule has 0 fully saturated rings. The largest absolute Gasteiger partial charge is 0.494 e. The molecule has 0 aliphatic rings. The number of ether oxygens (including phenoxy) is 2. The van der Waals surface area contributed by atoms with Crippen molar-refractivity contribution in [3.8, 4) is 11.5 Å². The van der Waals surface area contributed by atoms with Gasteiger partial charge in [-0.15, -0.1) is 0 Å². The molecule has 2 aromatic carbocycles. The van der Waals surface area contributed by atoms with Crippen LogP contribution in [0.4, 0.5) is 4.79 Å². The first-order valence-corrected chi connectivity index (χ1v) is 8.35. The monoisotopic (exact) mass is 342 g/mol. The fourth-order valence-corrected chi connectivity index (χ4v) is 2.44. The number of aryl methyl sites for hydroxylation is 1. The third-order valence-electron chi connectivity index (χ3n) is 3.87. The van der Waals surface area contributed by atoms with E-state index < -0.39 is 0 Å². The van der Waals surface area contributed by atoms with Crippen molar-refractivity contribution in [1.29, 1.82) is 0 Å². The molecule has 2 rings (SSSR count). The highest BCUT2D eigenvalue weighted by atomic mass is 16.6. The van der Waals surface area contributed by atoms with Gasteiger partial charge in [0.1, 0.15) is 11.5 Å². The van der Waals surface area contributed by atoms with Crippen LogP contribution in [-0.2, 0) is 0 Å². The number of amides is 1. The van der Waals surface area contributed by atoms with Crippen molar-refractivity contribution < 1.29 is 14.3 Å². The Hall–Kier alpha value is -2.53. The second-order valence-corrected chi connectivity index (χ2v) is 6.13. The van der Waals surface area contributed by atoms with E-state index in [2.05, 4.69) is 5.32 Å². The molecule has 0 aliphatic heterocycles. The third kappa shape index (κ3) is 5.80. The summed E-state index contributed by atoms with van der Waals surface area (Å²) in [5, 5.41) is 3.30. The predicted molar refractivity (Wildman–Crippen MR) is 99.2 cm³/mol. The highest BCUT2D eigenvalue weighted by molar-refractivity contribution is 5.69. The Bertz CT molecular complexity index is 684. The smallest absolute Gasteiger partial charge is 0.414 e. The SMILES string of the molecule is CNC(CCOc1cccc(C)c1)c1ccc(OC(=O)N(C)C)cc1. The van der Waals surface area contributed by atoms with Gasteiger partial charge in [0, 0.05) is 26.6 Å². The standard InChI is InChI=1S/C20H26N2O3/c1-15-6-5-7-18(14-15)24-13-12-19(21-2)16-8-10-17(11-9-16)25-20(23)22(3)4/h5-11,14,19,21H,12-13H2,1-4H3. The van der Waals surface area contributed by atoms with E-state index in [1.807, 2.05) is 62.5 Å². The van der Waals surface area contributed by atoms with Gasteiger partial charge >= 0.3 is 6.09 Å². The van der Waals surface area contributed by atoms with Crippen LogP contribution in [0.1, 0.15) is 23.6 Å². The lowest BCUT2D eigenvalue weighted by molar-refractivity contribution is 0.172. The highest BCUT2D eigenvalue weighted by Gasteiger charge is 2.11. The van der Waals surface area contributed by atoms with Crippen LogP contribution >= 0.6 is 0 Å². The molecule has 1 N–H and O–H groups in total. The molecule has 0 spiro atoms. The number of hydrogen-bond acceptors (Lipinski definition) is 4. The Balaban J connectivity index is 1.90. The number of nitrogens with zero attached hydrogens (tertiary/aromatic N) is 1. The summed E-state index contributed by atoms with van der Waals surface area (Å²) in [5.41, 5.74) is 2.31. The molecule has 0 heterocycles. The first-order chi connectivity index (χ1) is 12.0. The molecule has 2 aromatic rings. The molecule has 0 saturated heterocycles. The van der Waals surface area contributed by atoms with Gasteiger partial charge in [-0.3, -0.25) is 0 Å². The average molecular weight is 342 g/mol. The van der Waals surface area contributed by atoms with Crippen molar-refractivity contribution in [3.05, 3.63) is 59.7 Å². The summed E-state index contributed by atoms with van der Waals surface area (Å²) >= 11 is 0. The molecule has 1 atom stereocenters. The van der Waals surface area contributed by atoms with E-state index in [0.717, 1.165) is 17.7 Å². The lowest BCUT2D eigenvalue weighted by Crippen LogP contribution is -2.25. The maximum Gasteiger partial charge on any atom is 0.414 e. The maximum absolute atomic E-state index is 11.6. The number of carbonyl (C=O) groups excluding carboxylic acids is 1. The molecular formula is C20H26N2O3. The third-order valence-corrected chi connectivity index (χ3v) is 3.87. The maximum atomic E-state index is 11.6. The lowest BCUT2D eigenvalue weighted by Gasteiger charge is -2.18. The molecule has 5 heteroatoms. The number of benzene rings is 2. The molecule has 0 aromatic heterocycles. The van der Waals surface area contributed by atoms with E-state index >= 15 is 0 Å². The number of rotatable bonds is 7. The van der Waals surface area contributed by atoms with Crippen LogP contribution in [0.2, 0.25) is 0 Å². The van der Waals surface area contributed by atoms with Crippen LogP contribution in [0.3, 0.4) is 0 Å². The number of hydrogen-bond donors (Lipinski definition) is 1. The first kappa shape index (κ1) is 18.8. The molecule has 1 unspecified atom stereocenters. The molecule has 1 amide bonds. The predicted octanol–water partition coefficient (Wildman–Crippen LogP) is 3.79. The summed E-state index contributed by atoms with van der Waals surface area (Å²) < 4.78 is 11.1. The van der Waals surface area contributed by atoms with E-state index in [1.165, 1.54) is 10.5 Å². The summed E-state index contributed by atoms with van der Waals surface area (Å²) in [6, 6.07) is 15.8. The van der Waals surface area contributed by atoms with Gasteiger partial charge in [0.25, 0.3) is 0 Å². The van der Waals surface area contributed by atoms with E-state index in [9.17, 15) is 4.79 Å². The summed E-state index contributed by atoms with van der Waals surface area (Å²) in [5.74, 6) is 1.43. The molecule has 0 bridgehead atoms. The Kier molecular flexibility index (Phi) is 6.83. The van der Waals surface area contributed by atoms with E-state index in [4.69, 9.17) is 9.47 Å². The second kappa shape index (κ2) is 9.08. The second-order valence-electron chi connectivity index (χ2n) is 6.13. The lowest BCUT2D eigenvalue weighted by atomic mass is 10.0. The summed E-state index contributed by atoms with van der Waals surface area (Å²) in [6.07, 6.45) is 0.450. The zero-order valence-electron chi connectivity index (χ0n) is 15.3. The molecule has 25 heavy (non-hydrogen) atoms. The normalized spacial score (nSPS) is 11.7. The Morgan fingerprint density at radius 2 is 1.84 bits per heavy atom. The first-order valence-electron chi connectivity index (χ1n) is 8.35. The fourth-order valence-electron chi connectivity index (χ4n) is 2.44. The average Bonchev–Trinajstić information content (AvgIpc) is 2.59. The van der Waals surface area contributed by atoms with Crippen molar-refractivity contribution in [2.75, 3.05) is 27.7 Å². The van der Waals surface area contributed by atoms with Crippen molar-refractivity contribution in [3.63, 3.8) is 0 Å². The van der Waals surface area contributed by atoms with E-state index in [1.54, 1.807) is 14.1 Å². The van der Waals surface area contributed by atoms with Gasteiger partial charge < -0.3 is 19.7 Å². The Morgan fingerprint density at radius 3 is 2.44 bits per heavy atom. The van der Waals surface area contributed by atoms with Gasteiger partial charge in [-0.05, 0) is 49.4 Å². The van der Waals surface area contributed by atoms with Gasteiger partial charge in [0.2, 0.25) is 0 Å². The fraction of sp³-hybridized carbons (Fsp3) is 0.350. The summed E-state index contributed by atoms with van der Waals surface area (Å²) in [6.45, 7) is 2.67. The Labute approximate surface area is 149 Å². The van der Waals surface area contributed by atoms with Crippen LogP contribution in [0.25, 0.3) is 0 Å². The quantitative estimate of drug-likeness (QED) is 0.832. The van der Waals surface area contributed by atoms with Crippen LogP contribution < -0.4 is 14.8 Å². The highest BCUT2D eigenvalue weighted by Crippen LogP contribution is 2.21. The molecule has 134 valence electrons. The zero-order valence-corrected chi connectivity index (χ0v) is 15.3. The van der Waals surface area contributed by atoms with Crippen LogP contribution in [0.15, 0.2) is 48.5 Å². The molecule has 0 aliphatic carbocycles. The van der Waals surface area contributed by atoms with Gasteiger partial charge in [-0.25, -0.2) is 4.79 Å². The van der Waals surface area contributed by atoms with Gasteiger partial charge in [-0.1, -0.05) is 24.3 Å². The van der Waals surface area contributed by atoms with Gasteiger partial charge in [0.15, 0.2) is 0 Å². The van der Waals surface area contributed by atoms with Gasteiger partial charge in [0.05, 0.1) is 6.61 Å². The van der Waals surface area contributed by atoms with Crippen molar-refractivity contribution >= 4 is 6.09 Å². The summed E-state index contributed by atoms with van der Waals surface area (Å²) in [4.78, 5) is 13.0. The minimum atomic E-state index is -0.385. The number of carbonyl (C=O) groups is 1. The molecule has 0 saturated carbocycles. The van der Waals surface area contributed by atoms with Crippen molar-refractivity contribution in [2.24, 2.45) is 0 Å². The van der Waals surface area contributed by atoms with E-state index in [-0.39, 0.29) is 12.1 Å². The van der Waals surface area contributed by atoms with Crippen molar-refractivity contribution in [2.45, 2.75) is 19.4 Å². The van der Waals surface area contributed by atoms with Crippen LogP contribution in [-0.4, -0.2) is 38.7 Å². The molecular weight excluding hydrogens is 316 g/mol. The number of nitrogens with one attached hydrogen (secondary N) is 1. The minimum absolute atomic E-state index is 0.170. The van der Waals surface area contributed by atoms with E-state index in [0.29, 0.717) is 12.4 Å². The Morgan fingerprint density at radius 1 is 1.12 bits per heavy atom. The van der Waals surface area contributed by atoms with Crippen molar-refractivity contribution in [1.82, 2.24) is 10.2 Å². The minimum Gasteiger partial charge on any atom is -0.494 e. The van der Waals surface area contributed by atoms with Crippen LogP contribution in [0.5, 0.6) is 11.5 Å². The van der Waals surface area contributed by atoms with Crippen LogP contribution in [0, 0.1) is 6.92 Å². The zero-order chi connectivity index (χ0) is 18.2. The van der Waals surface area contributed by atoms with Gasteiger partial charge in [-0.2, -0.15) is 0 Å². The molecule has 5 nitrogen and oxygen atoms in total. The summed E-state index contributed by atoms with van der Waals surface area (Å²) in [7, 11) is 5.24. The molecule has 0 radical (unpaired) electrons.